The van der Waals surface area contributed by atoms with Gasteiger partial charge in [-0.3, -0.25) is 4.79 Å². The fraction of sp³-hybridized carbons (Fsp3) is 0.444. The monoisotopic (exact) mass is 374 g/mol. The lowest BCUT2D eigenvalue weighted by Crippen LogP contribution is -2.46. The third kappa shape index (κ3) is 4.55. The normalized spacial score (nSPS) is 14.7. The number of nitrogens with zero attached hydrogens (tertiary/aromatic N) is 3. The first-order chi connectivity index (χ1) is 13.1. The zero-order chi connectivity index (χ0) is 19.2. The maximum absolute atomic E-state index is 12.3. The van der Waals surface area contributed by atoms with Crippen molar-refractivity contribution in [1.29, 1.82) is 0 Å². The van der Waals surface area contributed by atoms with Gasteiger partial charge in [-0.2, -0.15) is 0 Å². The van der Waals surface area contributed by atoms with Crippen molar-refractivity contribution in [3.05, 3.63) is 30.2 Å². The molecule has 1 saturated heterocycles. The highest BCUT2D eigenvalue weighted by molar-refractivity contribution is 5.89. The molecule has 1 aromatic carbocycles. The van der Waals surface area contributed by atoms with E-state index in [9.17, 15) is 9.59 Å². The van der Waals surface area contributed by atoms with Crippen molar-refractivity contribution in [1.82, 2.24) is 20.4 Å². The Hall–Kier alpha value is -3.10. The van der Waals surface area contributed by atoms with Crippen molar-refractivity contribution in [2.75, 3.05) is 26.8 Å². The molecule has 2 heterocycles. The van der Waals surface area contributed by atoms with Crippen LogP contribution >= 0.6 is 0 Å². The van der Waals surface area contributed by atoms with Gasteiger partial charge < -0.3 is 24.1 Å². The summed E-state index contributed by atoms with van der Waals surface area (Å²) in [6.45, 7) is 3.19. The molecule has 0 bridgehead atoms. The summed E-state index contributed by atoms with van der Waals surface area (Å²) in [5.74, 6) is 0.468. The Kier molecular flexibility index (Phi) is 5.90. The molecule has 1 aromatic heterocycles. The van der Waals surface area contributed by atoms with Gasteiger partial charge in [-0.1, -0.05) is 0 Å². The van der Waals surface area contributed by atoms with E-state index in [1.165, 1.54) is 0 Å². The van der Waals surface area contributed by atoms with Crippen molar-refractivity contribution in [2.45, 2.75) is 25.8 Å². The number of ether oxygens (including phenoxy) is 2. The predicted octanol–water partition coefficient (Wildman–Crippen LogP) is 2.10. The van der Waals surface area contributed by atoms with E-state index >= 15 is 0 Å². The van der Waals surface area contributed by atoms with Crippen molar-refractivity contribution in [3.63, 3.8) is 0 Å². The van der Waals surface area contributed by atoms with Crippen molar-refractivity contribution in [3.8, 4) is 17.2 Å². The van der Waals surface area contributed by atoms with Crippen LogP contribution in [0.3, 0.4) is 0 Å². The van der Waals surface area contributed by atoms with Crippen LogP contribution in [0.15, 0.2) is 28.7 Å². The van der Waals surface area contributed by atoms with Crippen LogP contribution in [0.1, 0.15) is 30.5 Å². The minimum Gasteiger partial charge on any atom is -0.497 e. The molecule has 9 nitrogen and oxygen atoms in total. The summed E-state index contributed by atoms with van der Waals surface area (Å²) in [6.07, 6.45) is 0.969. The second-order valence-corrected chi connectivity index (χ2v) is 6.07. The predicted molar refractivity (Wildman–Crippen MR) is 95.4 cm³/mol. The first kappa shape index (κ1) is 18.7. The molecule has 0 saturated carbocycles. The van der Waals surface area contributed by atoms with Gasteiger partial charge in [0, 0.05) is 24.7 Å². The van der Waals surface area contributed by atoms with Gasteiger partial charge in [0.25, 0.3) is 0 Å². The summed E-state index contributed by atoms with van der Waals surface area (Å²) in [7, 11) is 1.58. The Balaban J connectivity index is 1.55. The summed E-state index contributed by atoms with van der Waals surface area (Å²) < 4.78 is 15.6. The molecule has 3 rings (SSSR count). The molecule has 1 fully saturated rings. The van der Waals surface area contributed by atoms with E-state index in [4.69, 9.17) is 13.9 Å². The summed E-state index contributed by atoms with van der Waals surface area (Å²) in [5.41, 5.74) is 0.699. The van der Waals surface area contributed by atoms with E-state index in [1.807, 2.05) is 0 Å². The maximum Gasteiger partial charge on any atom is 0.409 e. The van der Waals surface area contributed by atoms with Crippen LogP contribution in [0.5, 0.6) is 5.75 Å². The van der Waals surface area contributed by atoms with Crippen LogP contribution in [0.25, 0.3) is 11.5 Å². The zero-order valence-electron chi connectivity index (χ0n) is 15.3. The average Bonchev–Trinajstić information content (AvgIpc) is 3.19. The molecular formula is C18H22N4O5. The fourth-order valence-corrected chi connectivity index (χ4v) is 2.83. The second-order valence-electron chi connectivity index (χ2n) is 6.07. The van der Waals surface area contributed by atoms with Crippen LogP contribution in [0.2, 0.25) is 0 Å². The lowest BCUT2D eigenvalue weighted by molar-refractivity contribution is 0.0836. The molecule has 9 heteroatoms. The Morgan fingerprint density at radius 2 is 1.93 bits per heavy atom. The van der Waals surface area contributed by atoms with Gasteiger partial charge in [0.05, 0.1) is 13.7 Å². The van der Waals surface area contributed by atoms with E-state index in [2.05, 4.69) is 15.5 Å². The number of aromatic nitrogens is 2. The number of benzene rings is 1. The number of rotatable bonds is 5. The molecule has 0 atom stereocenters. The largest absolute Gasteiger partial charge is 0.497 e. The third-order valence-electron chi connectivity index (χ3n) is 4.31. The topological polar surface area (TPSA) is 107 Å². The standard InChI is InChI=1S/C18H22N4O5/c1-3-26-18(24)22-10-8-13(9-11-22)19-15(23)17-21-20-16(27-17)12-4-6-14(25-2)7-5-12/h4-7,13H,3,8-11H2,1-2H3,(H,19,23). The molecule has 2 aromatic rings. The van der Waals surface area contributed by atoms with Crippen molar-refractivity contribution in [2.24, 2.45) is 0 Å². The summed E-state index contributed by atoms with van der Waals surface area (Å²) in [4.78, 5) is 25.7. The second kappa shape index (κ2) is 8.52. The van der Waals surface area contributed by atoms with Gasteiger partial charge in [-0.15, -0.1) is 10.2 Å². The number of carbonyl (C=O) groups excluding carboxylic acids is 2. The summed E-state index contributed by atoms with van der Waals surface area (Å²) >= 11 is 0. The van der Waals surface area contributed by atoms with Crippen molar-refractivity contribution < 1.29 is 23.5 Å². The van der Waals surface area contributed by atoms with Crippen LogP contribution in [-0.4, -0.2) is 59.9 Å². The summed E-state index contributed by atoms with van der Waals surface area (Å²) in [5, 5.41) is 10.6. The van der Waals surface area contributed by atoms with E-state index in [0.29, 0.717) is 43.9 Å². The molecular weight excluding hydrogens is 352 g/mol. The van der Waals surface area contributed by atoms with Gasteiger partial charge >= 0.3 is 17.9 Å². The number of amides is 2. The highest BCUT2D eigenvalue weighted by atomic mass is 16.6. The van der Waals surface area contributed by atoms with Crippen LogP contribution in [0, 0.1) is 0 Å². The molecule has 0 aliphatic carbocycles. The minimum atomic E-state index is -0.420. The number of piperidine rings is 1. The zero-order valence-corrected chi connectivity index (χ0v) is 15.3. The molecule has 1 N–H and O–H groups in total. The van der Waals surface area contributed by atoms with Crippen LogP contribution in [0.4, 0.5) is 4.79 Å². The summed E-state index contributed by atoms with van der Waals surface area (Å²) in [6, 6.07) is 7.05. The molecule has 0 radical (unpaired) electrons. The highest BCUT2D eigenvalue weighted by Crippen LogP contribution is 2.21. The quantitative estimate of drug-likeness (QED) is 0.854. The SMILES string of the molecule is CCOC(=O)N1CCC(NC(=O)c2nnc(-c3ccc(OC)cc3)o2)CC1. The molecule has 27 heavy (non-hydrogen) atoms. The Morgan fingerprint density at radius 3 is 2.56 bits per heavy atom. The first-order valence-corrected chi connectivity index (χ1v) is 8.81. The molecule has 2 amide bonds. The molecule has 1 aliphatic heterocycles. The Labute approximate surface area is 156 Å². The molecule has 144 valence electrons. The van der Waals surface area contributed by atoms with Gasteiger partial charge in [-0.25, -0.2) is 4.79 Å². The van der Waals surface area contributed by atoms with Crippen molar-refractivity contribution >= 4 is 12.0 Å². The van der Waals surface area contributed by atoms with E-state index in [0.717, 1.165) is 0 Å². The number of likely N-dealkylation sites (tertiary alicyclic amines) is 1. The average molecular weight is 374 g/mol. The fourth-order valence-electron chi connectivity index (χ4n) is 2.83. The number of nitrogens with one attached hydrogen (secondary N) is 1. The highest BCUT2D eigenvalue weighted by Gasteiger charge is 2.26. The number of hydrogen-bond acceptors (Lipinski definition) is 7. The van der Waals surface area contributed by atoms with Gasteiger partial charge in [0.15, 0.2) is 0 Å². The van der Waals surface area contributed by atoms with Crippen LogP contribution in [-0.2, 0) is 4.74 Å². The van der Waals surface area contributed by atoms with Gasteiger partial charge in [-0.05, 0) is 44.0 Å². The maximum atomic E-state index is 12.3. The van der Waals surface area contributed by atoms with Gasteiger partial charge in [0.1, 0.15) is 5.75 Å². The lowest BCUT2D eigenvalue weighted by atomic mass is 10.1. The minimum absolute atomic E-state index is 0.0560. The Morgan fingerprint density at radius 1 is 1.22 bits per heavy atom. The van der Waals surface area contributed by atoms with Crippen LogP contribution < -0.4 is 10.1 Å². The molecule has 0 spiro atoms. The first-order valence-electron chi connectivity index (χ1n) is 8.81. The smallest absolute Gasteiger partial charge is 0.409 e. The van der Waals surface area contributed by atoms with Gasteiger partial charge in [0.2, 0.25) is 5.89 Å². The van der Waals surface area contributed by atoms with E-state index in [1.54, 1.807) is 43.2 Å². The number of methoxy groups -OCH3 is 1. The third-order valence-corrected chi connectivity index (χ3v) is 4.31. The van der Waals surface area contributed by atoms with E-state index in [-0.39, 0.29) is 23.9 Å². The number of carbonyl (C=O) groups is 2. The lowest BCUT2D eigenvalue weighted by Gasteiger charge is -2.31. The molecule has 0 unspecified atom stereocenters. The van der Waals surface area contributed by atoms with E-state index < -0.39 is 5.91 Å². The Bertz CT molecular complexity index is 781. The number of hydrogen-bond donors (Lipinski definition) is 1. The molecule has 1 aliphatic rings.